The zero-order valence-electron chi connectivity index (χ0n) is 13.1. The summed E-state index contributed by atoms with van der Waals surface area (Å²) in [6.45, 7) is 11.1. The SMILES string of the molecule is CC(C)(C)N1CCC(NC(=O)CC2COCCN2)CC1. The average molecular weight is 283 g/mol. The Morgan fingerprint density at radius 2 is 2.05 bits per heavy atom. The van der Waals surface area contributed by atoms with E-state index in [1.54, 1.807) is 0 Å². The average Bonchev–Trinajstić information content (AvgIpc) is 2.39. The predicted molar refractivity (Wildman–Crippen MR) is 79.7 cm³/mol. The first-order valence-electron chi connectivity index (χ1n) is 7.80. The lowest BCUT2D eigenvalue weighted by Gasteiger charge is -2.41. The van der Waals surface area contributed by atoms with Crippen molar-refractivity contribution < 1.29 is 9.53 Å². The number of piperidine rings is 1. The number of carbonyl (C=O) groups is 1. The van der Waals surface area contributed by atoms with Gasteiger partial charge in [0.2, 0.25) is 5.91 Å². The third kappa shape index (κ3) is 4.72. The van der Waals surface area contributed by atoms with Gasteiger partial charge in [-0.05, 0) is 33.6 Å². The number of morpholine rings is 1. The van der Waals surface area contributed by atoms with Gasteiger partial charge in [0.15, 0.2) is 0 Å². The fraction of sp³-hybridized carbons (Fsp3) is 0.933. The molecule has 2 N–H and O–H groups in total. The molecule has 1 unspecified atom stereocenters. The van der Waals surface area contributed by atoms with E-state index in [4.69, 9.17) is 4.74 Å². The van der Waals surface area contributed by atoms with Crippen LogP contribution in [0.5, 0.6) is 0 Å². The number of rotatable bonds is 3. The van der Waals surface area contributed by atoms with Crippen LogP contribution in [0.3, 0.4) is 0 Å². The number of hydrogen-bond acceptors (Lipinski definition) is 4. The lowest BCUT2D eigenvalue weighted by Crippen LogP contribution is -2.51. The zero-order chi connectivity index (χ0) is 14.6. The van der Waals surface area contributed by atoms with Crippen LogP contribution in [0, 0.1) is 0 Å². The van der Waals surface area contributed by atoms with E-state index in [2.05, 4.69) is 36.3 Å². The van der Waals surface area contributed by atoms with Crippen LogP contribution in [0.1, 0.15) is 40.0 Å². The number of carbonyl (C=O) groups excluding carboxylic acids is 1. The van der Waals surface area contributed by atoms with Crippen molar-refractivity contribution in [3.8, 4) is 0 Å². The van der Waals surface area contributed by atoms with E-state index in [0.29, 0.717) is 19.1 Å². The molecule has 5 heteroatoms. The number of nitrogens with one attached hydrogen (secondary N) is 2. The Kier molecular flexibility index (Phi) is 5.41. The van der Waals surface area contributed by atoms with Gasteiger partial charge in [0.1, 0.15) is 0 Å². The fourth-order valence-electron chi connectivity index (χ4n) is 2.96. The van der Waals surface area contributed by atoms with E-state index < -0.39 is 0 Å². The molecule has 0 radical (unpaired) electrons. The molecule has 0 aromatic heterocycles. The van der Waals surface area contributed by atoms with Gasteiger partial charge in [0.25, 0.3) is 0 Å². The van der Waals surface area contributed by atoms with E-state index >= 15 is 0 Å². The van der Waals surface area contributed by atoms with E-state index in [-0.39, 0.29) is 17.5 Å². The quantitative estimate of drug-likeness (QED) is 0.802. The number of nitrogens with zero attached hydrogens (tertiary/aromatic N) is 1. The topological polar surface area (TPSA) is 53.6 Å². The van der Waals surface area contributed by atoms with Gasteiger partial charge in [-0.15, -0.1) is 0 Å². The Morgan fingerprint density at radius 3 is 2.60 bits per heavy atom. The molecule has 1 amide bonds. The molecular formula is C15H29N3O2. The van der Waals surface area contributed by atoms with Crippen LogP contribution in [0.25, 0.3) is 0 Å². The third-order valence-corrected chi connectivity index (χ3v) is 4.24. The molecule has 2 heterocycles. The summed E-state index contributed by atoms with van der Waals surface area (Å²) < 4.78 is 5.38. The molecule has 2 saturated heterocycles. The summed E-state index contributed by atoms with van der Waals surface area (Å²) in [5, 5.41) is 6.50. The Bertz CT molecular complexity index is 314. The van der Waals surface area contributed by atoms with Crippen LogP contribution in [-0.2, 0) is 9.53 Å². The first-order chi connectivity index (χ1) is 9.45. The van der Waals surface area contributed by atoms with Crippen molar-refractivity contribution >= 4 is 5.91 Å². The number of ether oxygens (including phenoxy) is 1. The van der Waals surface area contributed by atoms with Crippen LogP contribution in [-0.4, -0.2) is 61.3 Å². The van der Waals surface area contributed by atoms with Gasteiger partial charge >= 0.3 is 0 Å². The predicted octanol–water partition coefficient (Wildman–Crippen LogP) is 0.744. The van der Waals surface area contributed by atoms with Crippen molar-refractivity contribution in [2.45, 2.75) is 57.7 Å². The standard InChI is InChI=1S/C15H29N3O2/c1-15(2,3)18-7-4-12(5-8-18)17-14(19)10-13-11-20-9-6-16-13/h12-13,16H,4-11H2,1-3H3,(H,17,19). The molecule has 0 aliphatic carbocycles. The van der Waals surface area contributed by atoms with Gasteiger partial charge in [-0.3, -0.25) is 9.69 Å². The second-order valence-corrected chi connectivity index (χ2v) is 6.93. The maximum Gasteiger partial charge on any atom is 0.221 e. The van der Waals surface area contributed by atoms with Crippen LogP contribution >= 0.6 is 0 Å². The normalized spacial score (nSPS) is 26.4. The zero-order valence-corrected chi connectivity index (χ0v) is 13.1. The van der Waals surface area contributed by atoms with Crippen molar-refractivity contribution in [3.05, 3.63) is 0 Å². The second kappa shape index (κ2) is 6.87. The highest BCUT2D eigenvalue weighted by atomic mass is 16.5. The Morgan fingerprint density at radius 1 is 1.35 bits per heavy atom. The number of likely N-dealkylation sites (tertiary alicyclic amines) is 1. The third-order valence-electron chi connectivity index (χ3n) is 4.24. The minimum Gasteiger partial charge on any atom is -0.378 e. The summed E-state index contributed by atoms with van der Waals surface area (Å²) in [7, 11) is 0. The van der Waals surface area contributed by atoms with Crippen LogP contribution < -0.4 is 10.6 Å². The Labute approximate surface area is 122 Å². The van der Waals surface area contributed by atoms with Crippen LogP contribution in [0.15, 0.2) is 0 Å². The minimum atomic E-state index is 0.155. The summed E-state index contributed by atoms with van der Waals surface area (Å²) >= 11 is 0. The lowest BCUT2D eigenvalue weighted by atomic mass is 9.98. The first-order valence-corrected chi connectivity index (χ1v) is 7.80. The van der Waals surface area contributed by atoms with Crippen LogP contribution in [0.2, 0.25) is 0 Å². The number of hydrogen-bond donors (Lipinski definition) is 2. The fourth-order valence-corrected chi connectivity index (χ4v) is 2.96. The Hall–Kier alpha value is -0.650. The molecular weight excluding hydrogens is 254 g/mol. The first kappa shape index (κ1) is 15.7. The molecule has 2 fully saturated rings. The molecule has 0 aromatic rings. The molecule has 0 saturated carbocycles. The van der Waals surface area contributed by atoms with Crippen molar-refractivity contribution in [1.82, 2.24) is 15.5 Å². The highest BCUT2D eigenvalue weighted by Crippen LogP contribution is 2.20. The van der Waals surface area contributed by atoms with E-state index in [0.717, 1.165) is 39.1 Å². The van der Waals surface area contributed by atoms with E-state index in [1.807, 2.05) is 0 Å². The summed E-state index contributed by atoms with van der Waals surface area (Å²) in [5.74, 6) is 0.155. The summed E-state index contributed by atoms with van der Waals surface area (Å²) in [4.78, 5) is 14.5. The molecule has 0 bridgehead atoms. The van der Waals surface area contributed by atoms with Gasteiger partial charge < -0.3 is 15.4 Å². The molecule has 20 heavy (non-hydrogen) atoms. The molecule has 2 aliphatic rings. The van der Waals surface area contributed by atoms with Crippen molar-refractivity contribution in [3.63, 3.8) is 0 Å². The molecule has 2 rings (SSSR count). The van der Waals surface area contributed by atoms with Gasteiger partial charge in [-0.25, -0.2) is 0 Å². The van der Waals surface area contributed by atoms with Crippen molar-refractivity contribution in [1.29, 1.82) is 0 Å². The van der Waals surface area contributed by atoms with Gasteiger partial charge in [-0.1, -0.05) is 0 Å². The minimum absolute atomic E-state index is 0.155. The van der Waals surface area contributed by atoms with E-state index in [1.165, 1.54) is 0 Å². The molecule has 0 aromatic carbocycles. The Balaban J connectivity index is 1.68. The van der Waals surface area contributed by atoms with E-state index in [9.17, 15) is 4.79 Å². The van der Waals surface area contributed by atoms with Gasteiger partial charge in [-0.2, -0.15) is 0 Å². The molecule has 2 aliphatic heterocycles. The highest BCUT2D eigenvalue weighted by molar-refractivity contribution is 5.76. The van der Waals surface area contributed by atoms with Crippen molar-refractivity contribution in [2.24, 2.45) is 0 Å². The molecule has 5 nitrogen and oxygen atoms in total. The van der Waals surface area contributed by atoms with Crippen LogP contribution in [0.4, 0.5) is 0 Å². The van der Waals surface area contributed by atoms with Crippen molar-refractivity contribution in [2.75, 3.05) is 32.8 Å². The summed E-state index contributed by atoms with van der Waals surface area (Å²) in [6, 6.07) is 0.518. The monoisotopic (exact) mass is 283 g/mol. The largest absolute Gasteiger partial charge is 0.378 e. The van der Waals surface area contributed by atoms with Gasteiger partial charge in [0, 0.05) is 43.7 Å². The maximum absolute atomic E-state index is 12.0. The highest BCUT2D eigenvalue weighted by Gasteiger charge is 2.28. The lowest BCUT2D eigenvalue weighted by molar-refractivity contribution is -0.123. The molecule has 0 spiro atoms. The summed E-state index contributed by atoms with van der Waals surface area (Å²) in [6.07, 6.45) is 2.63. The van der Waals surface area contributed by atoms with Gasteiger partial charge in [0.05, 0.1) is 13.2 Å². The second-order valence-electron chi connectivity index (χ2n) is 6.93. The smallest absolute Gasteiger partial charge is 0.221 e. The summed E-state index contributed by atoms with van der Waals surface area (Å²) in [5.41, 5.74) is 0.234. The maximum atomic E-state index is 12.0. The molecule has 1 atom stereocenters. The number of amides is 1. The molecule has 116 valence electrons.